The fourth-order valence-electron chi connectivity index (χ4n) is 4.12. The van der Waals surface area contributed by atoms with E-state index in [1.54, 1.807) is 19.1 Å². The number of pyridine rings is 1. The minimum atomic E-state index is -5.02. The molecule has 0 fully saturated rings. The third kappa shape index (κ3) is 9.31. The molecule has 0 N–H and O–H groups in total. The number of carbonyl (C=O) groups is 1. The minimum absolute atomic E-state index is 0.0496. The molecule has 3 rings (SSSR count). The number of nitrogens with zero attached hydrogens (tertiary/aromatic N) is 2. The number of hydrogen-bond acceptors (Lipinski definition) is 4. The Morgan fingerprint density at radius 1 is 0.864 bits per heavy atom. The number of amides is 1. The van der Waals surface area contributed by atoms with Crippen LogP contribution in [0.25, 0.3) is 0 Å². The first kappa shape index (κ1) is 35.1. The lowest BCUT2D eigenvalue weighted by molar-refractivity contribution is -0.143. The van der Waals surface area contributed by atoms with Gasteiger partial charge in [0.15, 0.2) is 8.32 Å². The molecule has 0 radical (unpaired) electrons. The molecule has 0 saturated heterocycles. The number of hydrogen-bond donors (Lipinski definition) is 0. The highest BCUT2D eigenvalue weighted by Gasteiger charge is 2.40. The summed E-state index contributed by atoms with van der Waals surface area (Å²) < 4.78 is 93.9. The van der Waals surface area contributed by atoms with Gasteiger partial charge in [0.1, 0.15) is 12.3 Å². The highest BCUT2D eigenvalue weighted by Crippen LogP contribution is 2.38. The van der Waals surface area contributed by atoms with Crippen LogP contribution in [-0.4, -0.2) is 36.8 Å². The Labute approximate surface area is 255 Å². The van der Waals surface area contributed by atoms with Crippen molar-refractivity contribution in [2.24, 2.45) is 0 Å². The molecule has 1 atom stereocenters. The standard InChI is InChI=1S/C32H38F6N2O3Si/c1-7-26(21-43-44(5,6)30(2,3)4)40(19-23-16-24(31(33,34)35)18-25(17-23)32(36,37)38)29(41)27-14-11-15-28(39-27)42-20-22-12-9-8-10-13-22/h8-18,26H,7,19-21H2,1-6H3. The van der Waals surface area contributed by atoms with Crippen molar-refractivity contribution in [3.63, 3.8) is 0 Å². The summed E-state index contributed by atoms with van der Waals surface area (Å²) in [5, 5.41) is -0.172. The Balaban J connectivity index is 2.01. The monoisotopic (exact) mass is 640 g/mol. The average molecular weight is 641 g/mol. The van der Waals surface area contributed by atoms with E-state index in [2.05, 4.69) is 4.98 Å². The van der Waals surface area contributed by atoms with Gasteiger partial charge in [-0.2, -0.15) is 26.3 Å². The van der Waals surface area contributed by atoms with Crippen molar-refractivity contribution in [3.05, 3.63) is 94.7 Å². The van der Waals surface area contributed by atoms with Crippen molar-refractivity contribution >= 4 is 14.2 Å². The first-order valence-electron chi connectivity index (χ1n) is 14.2. The topological polar surface area (TPSA) is 51.7 Å². The maximum Gasteiger partial charge on any atom is 0.416 e. The van der Waals surface area contributed by atoms with Gasteiger partial charge in [-0.05, 0) is 59.9 Å². The normalized spacial score (nSPS) is 13.5. The van der Waals surface area contributed by atoms with E-state index in [1.165, 1.54) is 11.0 Å². The van der Waals surface area contributed by atoms with Crippen molar-refractivity contribution in [1.29, 1.82) is 0 Å². The summed E-state index contributed by atoms with van der Waals surface area (Å²) in [7, 11) is -2.33. The van der Waals surface area contributed by atoms with Gasteiger partial charge >= 0.3 is 12.4 Å². The van der Waals surface area contributed by atoms with Crippen LogP contribution in [0.4, 0.5) is 26.3 Å². The molecule has 2 aromatic carbocycles. The second-order valence-corrected chi connectivity index (χ2v) is 16.9. The van der Waals surface area contributed by atoms with Gasteiger partial charge in [0.05, 0.1) is 23.8 Å². The lowest BCUT2D eigenvalue weighted by atomic mass is 10.0. The first-order chi connectivity index (χ1) is 20.3. The average Bonchev–Trinajstić information content (AvgIpc) is 2.94. The van der Waals surface area contributed by atoms with E-state index in [9.17, 15) is 31.1 Å². The van der Waals surface area contributed by atoms with Gasteiger partial charge in [-0.3, -0.25) is 4.79 Å². The fraction of sp³-hybridized carbons (Fsp3) is 0.438. The number of rotatable bonds is 11. The Bertz CT molecular complexity index is 1370. The van der Waals surface area contributed by atoms with Crippen LogP contribution in [0.2, 0.25) is 18.1 Å². The quantitative estimate of drug-likeness (QED) is 0.155. The summed E-state index contributed by atoms with van der Waals surface area (Å²) in [4.78, 5) is 19.5. The predicted octanol–water partition coefficient (Wildman–Crippen LogP) is 9.14. The maximum absolute atomic E-state index is 14.0. The molecule has 0 aliphatic carbocycles. The third-order valence-corrected chi connectivity index (χ3v) is 12.3. The van der Waals surface area contributed by atoms with Crippen LogP contribution in [0.5, 0.6) is 5.88 Å². The zero-order valence-electron chi connectivity index (χ0n) is 25.6. The molecule has 1 amide bonds. The highest BCUT2D eigenvalue weighted by atomic mass is 28.4. The number of alkyl halides is 6. The molecule has 12 heteroatoms. The molecule has 44 heavy (non-hydrogen) atoms. The predicted molar refractivity (Wildman–Crippen MR) is 159 cm³/mol. The number of aromatic nitrogens is 1. The number of halogens is 6. The summed E-state index contributed by atoms with van der Waals surface area (Å²) in [5.74, 6) is -0.532. The minimum Gasteiger partial charge on any atom is -0.473 e. The van der Waals surface area contributed by atoms with Gasteiger partial charge < -0.3 is 14.1 Å². The van der Waals surface area contributed by atoms with Crippen LogP contribution in [0.15, 0.2) is 66.7 Å². The third-order valence-electron chi connectivity index (χ3n) is 7.79. The summed E-state index contributed by atoms with van der Waals surface area (Å²) in [6, 6.07) is 14.5. The van der Waals surface area contributed by atoms with Crippen molar-refractivity contribution in [3.8, 4) is 5.88 Å². The van der Waals surface area contributed by atoms with Crippen LogP contribution >= 0.6 is 0 Å². The summed E-state index contributed by atoms with van der Waals surface area (Å²) in [5.41, 5.74) is -2.41. The molecular formula is C32H38F6N2O3Si. The smallest absolute Gasteiger partial charge is 0.416 e. The van der Waals surface area contributed by atoms with E-state index in [1.807, 2.05) is 64.2 Å². The molecular weight excluding hydrogens is 602 g/mol. The summed E-state index contributed by atoms with van der Waals surface area (Å²) >= 11 is 0. The van der Waals surface area contributed by atoms with Gasteiger partial charge in [-0.25, -0.2) is 4.98 Å². The fourth-order valence-corrected chi connectivity index (χ4v) is 5.16. The molecule has 1 heterocycles. The van der Waals surface area contributed by atoms with Crippen LogP contribution in [0.3, 0.4) is 0 Å². The van der Waals surface area contributed by atoms with E-state index >= 15 is 0 Å². The molecule has 3 aromatic rings. The Morgan fingerprint density at radius 3 is 1.98 bits per heavy atom. The molecule has 0 spiro atoms. The van der Waals surface area contributed by atoms with Gasteiger partial charge in [-0.15, -0.1) is 0 Å². The molecule has 0 aliphatic heterocycles. The van der Waals surface area contributed by atoms with Crippen molar-refractivity contribution in [1.82, 2.24) is 9.88 Å². The van der Waals surface area contributed by atoms with Crippen molar-refractivity contribution < 1.29 is 40.3 Å². The van der Waals surface area contributed by atoms with E-state index < -0.39 is 50.3 Å². The Morgan fingerprint density at radius 2 is 1.45 bits per heavy atom. The van der Waals surface area contributed by atoms with Gasteiger partial charge in [0.25, 0.3) is 5.91 Å². The van der Waals surface area contributed by atoms with E-state index in [4.69, 9.17) is 9.16 Å². The summed E-state index contributed by atoms with van der Waals surface area (Å²) in [6.45, 7) is 11.6. The number of carbonyl (C=O) groups excluding carboxylic acids is 1. The van der Waals surface area contributed by atoms with E-state index in [-0.39, 0.29) is 41.5 Å². The van der Waals surface area contributed by atoms with E-state index in [0.29, 0.717) is 18.6 Å². The van der Waals surface area contributed by atoms with Crippen LogP contribution in [0, 0.1) is 0 Å². The maximum atomic E-state index is 14.0. The number of ether oxygens (including phenoxy) is 1. The van der Waals surface area contributed by atoms with Gasteiger partial charge in [-0.1, -0.05) is 64.1 Å². The Kier molecular flexibility index (Phi) is 10.9. The zero-order chi connectivity index (χ0) is 32.9. The van der Waals surface area contributed by atoms with Gasteiger partial charge in [0.2, 0.25) is 5.88 Å². The largest absolute Gasteiger partial charge is 0.473 e. The van der Waals surface area contributed by atoms with Gasteiger partial charge in [0, 0.05) is 12.6 Å². The van der Waals surface area contributed by atoms with E-state index in [0.717, 1.165) is 5.56 Å². The SMILES string of the molecule is CCC(CO[Si](C)(C)C(C)(C)C)N(Cc1cc(C(F)(F)F)cc(C(F)(F)F)c1)C(=O)c1cccc(OCc2ccccc2)n1. The summed E-state index contributed by atoms with van der Waals surface area (Å²) in [6.07, 6.45) is -9.71. The van der Waals surface area contributed by atoms with Crippen molar-refractivity contribution in [2.75, 3.05) is 6.61 Å². The molecule has 5 nitrogen and oxygen atoms in total. The molecule has 1 unspecified atom stereocenters. The molecule has 0 bridgehead atoms. The van der Waals surface area contributed by atoms with Crippen LogP contribution in [0.1, 0.15) is 66.9 Å². The Hall–Kier alpha value is -3.38. The first-order valence-corrected chi connectivity index (χ1v) is 17.1. The van der Waals surface area contributed by atoms with Crippen LogP contribution < -0.4 is 4.74 Å². The molecule has 0 aliphatic rings. The number of benzene rings is 2. The molecule has 240 valence electrons. The lowest BCUT2D eigenvalue weighted by Gasteiger charge is -2.39. The highest BCUT2D eigenvalue weighted by molar-refractivity contribution is 6.74. The lowest BCUT2D eigenvalue weighted by Crippen LogP contribution is -2.48. The van der Waals surface area contributed by atoms with Crippen molar-refractivity contribution in [2.45, 2.75) is 83.8 Å². The second kappa shape index (κ2) is 13.7. The second-order valence-electron chi connectivity index (χ2n) is 12.1. The zero-order valence-corrected chi connectivity index (χ0v) is 26.6. The molecule has 1 aromatic heterocycles. The molecule has 0 saturated carbocycles. The van der Waals surface area contributed by atoms with Crippen LogP contribution in [-0.2, 0) is 29.9 Å².